The standard InChI is InChI=1S/C10H18F3NO/c1-3-6-14(8-10(11,12)13)7-4-5-9(2)15/h3-8H2,1-2H3. The molecule has 2 nitrogen and oxygen atoms in total. The lowest BCUT2D eigenvalue weighted by atomic mass is 10.2. The summed E-state index contributed by atoms with van der Waals surface area (Å²) in [6.45, 7) is 3.19. The first-order chi connectivity index (χ1) is 6.85. The summed E-state index contributed by atoms with van der Waals surface area (Å²) >= 11 is 0. The molecule has 0 fully saturated rings. The topological polar surface area (TPSA) is 20.3 Å². The molecule has 0 radical (unpaired) electrons. The molecule has 0 aromatic heterocycles. The number of rotatable bonds is 7. The van der Waals surface area contributed by atoms with Crippen LogP contribution in [0.3, 0.4) is 0 Å². The molecule has 5 heteroatoms. The van der Waals surface area contributed by atoms with Gasteiger partial charge in [-0.2, -0.15) is 13.2 Å². The quantitative estimate of drug-likeness (QED) is 0.663. The second-order valence-corrected chi connectivity index (χ2v) is 3.70. The van der Waals surface area contributed by atoms with E-state index in [4.69, 9.17) is 0 Å². The molecule has 0 spiro atoms. The van der Waals surface area contributed by atoms with Crippen molar-refractivity contribution in [2.45, 2.75) is 39.3 Å². The van der Waals surface area contributed by atoms with Crippen molar-refractivity contribution in [2.75, 3.05) is 19.6 Å². The number of Topliss-reactive ketones (excluding diaryl/α,β-unsaturated/α-hetero) is 1. The molecule has 0 aliphatic heterocycles. The highest BCUT2D eigenvalue weighted by Gasteiger charge is 2.29. The molecule has 0 saturated heterocycles. The molecule has 0 aliphatic rings. The average molecular weight is 225 g/mol. The van der Waals surface area contributed by atoms with Crippen LogP contribution in [0.1, 0.15) is 33.1 Å². The maximum absolute atomic E-state index is 12.1. The maximum atomic E-state index is 12.1. The van der Waals surface area contributed by atoms with Crippen LogP contribution >= 0.6 is 0 Å². The zero-order valence-electron chi connectivity index (χ0n) is 9.23. The van der Waals surface area contributed by atoms with Crippen molar-refractivity contribution in [3.8, 4) is 0 Å². The Balaban J connectivity index is 3.88. The van der Waals surface area contributed by atoms with Gasteiger partial charge in [0.1, 0.15) is 5.78 Å². The third-order valence-corrected chi connectivity index (χ3v) is 1.95. The van der Waals surface area contributed by atoms with Crippen LogP contribution in [0, 0.1) is 0 Å². The normalized spacial score (nSPS) is 12.1. The van der Waals surface area contributed by atoms with E-state index in [1.807, 2.05) is 6.92 Å². The molecule has 15 heavy (non-hydrogen) atoms. The van der Waals surface area contributed by atoms with Crippen molar-refractivity contribution < 1.29 is 18.0 Å². The van der Waals surface area contributed by atoms with E-state index in [9.17, 15) is 18.0 Å². The Labute approximate surface area is 88.4 Å². The molecule has 0 bridgehead atoms. The fourth-order valence-electron chi connectivity index (χ4n) is 1.39. The molecule has 0 aromatic rings. The van der Waals surface area contributed by atoms with Crippen LogP contribution in [0.2, 0.25) is 0 Å². The summed E-state index contributed by atoms with van der Waals surface area (Å²) < 4.78 is 36.3. The summed E-state index contributed by atoms with van der Waals surface area (Å²) in [6.07, 6.45) is -2.59. The minimum Gasteiger partial charge on any atom is -0.300 e. The molecular weight excluding hydrogens is 207 g/mol. The molecule has 0 aliphatic carbocycles. The minimum atomic E-state index is -4.15. The summed E-state index contributed by atoms with van der Waals surface area (Å²) in [5.74, 6) is 0.0263. The maximum Gasteiger partial charge on any atom is 0.401 e. The third kappa shape index (κ3) is 9.72. The number of hydrogen-bond acceptors (Lipinski definition) is 2. The third-order valence-electron chi connectivity index (χ3n) is 1.95. The van der Waals surface area contributed by atoms with Gasteiger partial charge in [-0.05, 0) is 32.9 Å². The van der Waals surface area contributed by atoms with Crippen molar-refractivity contribution in [2.24, 2.45) is 0 Å². The summed E-state index contributed by atoms with van der Waals surface area (Å²) in [5.41, 5.74) is 0. The van der Waals surface area contributed by atoms with Gasteiger partial charge in [0.2, 0.25) is 0 Å². The fraction of sp³-hybridized carbons (Fsp3) is 0.900. The van der Waals surface area contributed by atoms with Gasteiger partial charge in [0.25, 0.3) is 0 Å². The fourth-order valence-corrected chi connectivity index (χ4v) is 1.39. The van der Waals surface area contributed by atoms with Crippen molar-refractivity contribution >= 4 is 5.78 Å². The first kappa shape index (κ1) is 14.4. The van der Waals surface area contributed by atoms with E-state index in [-0.39, 0.29) is 5.78 Å². The van der Waals surface area contributed by atoms with Gasteiger partial charge in [-0.3, -0.25) is 4.90 Å². The summed E-state index contributed by atoms with van der Waals surface area (Å²) in [6, 6.07) is 0. The van der Waals surface area contributed by atoms with Gasteiger partial charge in [-0.15, -0.1) is 0 Å². The van der Waals surface area contributed by atoms with E-state index in [1.165, 1.54) is 11.8 Å². The molecule has 0 rings (SSSR count). The van der Waals surface area contributed by atoms with Gasteiger partial charge >= 0.3 is 6.18 Å². The van der Waals surface area contributed by atoms with E-state index in [0.717, 1.165) is 0 Å². The van der Waals surface area contributed by atoms with Crippen molar-refractivity contribution in [3.63, 3.8) is 0 Å². The van der Waals surface area contributed by atoms with Gasteiger partial charge in [-0.1, -0.05) is 6.92 Å². The van der Waals surface area contributed by atoms with Crippen LogP contribution in [-0.4, -0.2) is 36.5 Å². The lowest BCUT2D eigenvalue weighted by Gasteiger charge is -2.22. The zero-order chi connectivity index (χ0) is 11.9. The Hall–Kier alpha value is -0.580. The van der Waals surface area contributed by atoms with Crippen molar-refractivity contribution in [3.05, 3.63) is 0 Å². The first-order valence-corrected chi connectivity index (χ1v) is 5.13. The number of alkyl halides is 3. The number of ketones is 1. The van der Waals surface area contributed by atoms with Crippen LogP contribution in [0.15, 0.2) is 0 Å². The highest BCUT2D eigenvalue weighted by Crippen LogP contribution is 2.16. The molecular formula is C10H18F3NO. The first-order valence-electron chi connectivity index (χ1n) is 5.13. The summed E-state index contributed by atoms with van der Waals surface area (Å²) in [4.78, 5) is 12.0. The van der Waals surface area contributed by atoms with Gasteiger partial charge < -0.3 is 4.79 Å². The number of halogens is 3. The summed E-state index contributed by atoms with van der Waals surface area (Å²) in [7, 11) is 0. The largest absolute Gasteiger partial charge is 0.401 e. The lowest BCUT2D eigenvalue weighted by Crippen LogP contribution is -2.35. The Morgan fingerprint density at radius 1 is 1.27 bits per heavy atom. The van der Waals surface area contributed by atoms with E-state index >= 15 is 0 Å². The average Bonchev–Trinajstić information content (AvgIpc) is 2.00. The summed E-state index contributed by atoms with van der Waals surface area (Å²) in [5, 5.41) is 0. The van der Waals surface area contributed by atoms with Crippen LogP contribution in [0.4, 0.5) is 13.2 Å². The Bertz CT molecular complexity index is 192. The van der Waals surface area contributed by atoms with Crippen LogP contribution < -0.4 is 0 Å². The predicted octanol–water partition coefficient (Wildman–Crippen LogP) is 2.63. The van der Waals surface area contributed by atoms with Gasteiger partial charge in [0.15, 0.2) is 0 Å². The van der Waals surface area contributed by atoms with E-state index in [2.05, 4.69) is 0 Å². The monoisotopic (exact) mass is 225 g/mol. The highest BCUT2D eigenvalue weighted by molar-refractivity contribution is 5.75. The Morgan fingerprint density at radius 2 is 1.87 bits per heavy atom. The van der Waals surface area contributed by atoms with E-state index < -0.39 is 12.7 Å². The number of carbonyl (C=O) groups is 1. The second-order valence-electron chi connectivity index (χ2n) is 3.70. The van der Waals surface area contributed by atoms with Gasteiger partial charge in [0, 0.05) is 6.42 Å². The number of nitrogens with zero attached hydrogens (tertiary/aromatic N) is 1. The molecule has 0 heterocycles. The smallest absolute Gasteiger partial charge is 0.300 e. The predicted molar refractivity (Wildman–Crippen MR) is 52.7 cm³/mol. The van der Waals surface area contributed by atoms with Crippen LogP contribution in [-0.2, 0) is 4.79 Å². The second kappa shape index (κ2) is 6.82. The van der Waals surface area contributed by atoms with Gasteiger partial charge in [0.05, 0.1) is 6.54 Å². The van der Waals surface area contributed by atoms with E-state index in [0.29, 0.717) is 32.4 Å². The van der Waals surface area contributed by atoms with Crippen LogP contribution in [0.25, 0.3) is 0 Å². The molecule has 90 valence electrons. The van der Waals surface area contributed by atoms with Crippen LogP contribution in [0.5, 0.6) is 0 Å². The zero-order valence-corrected chi connectivity index (χ0v) is 9.23. The number of carbonyl (C=O) groups excluding carboxylic acids is 1. The Morgan fingerprint density at radius 3 is 2.27 bits per heavy atom. The molecule has 0 unspecified atom stereocenters. The Kier molecular flexibility index (Phi) is 6.56. The SMILES string of the molecule is CCCN(CCCC(C)=O)CC(F)(F)F. The number of hydrogen-bond donors (Lipinski definition) is 0. The van der Waals surface area contributed by atoms with Crippen molar-refractivity contribution in [1.82, 2.24) is 4.90 Å². The van der Waals surface area contributed by atoms with Gasteiger partial charge in [-0.25, -0.2) is 0 Å². The molecule has 0 saturated carbocycles. The molecule has 0 amide bonds. The minimum absolute atomic E-state index is 0.0263. The van der Waals surface area contributed by atoms with Crippen molar-refractivity contribution in [1.29, 1.82) is 0 Å². The molecule has 0 N–H and O–H groups in total. The van der Waals surface area contributed by atoms with E-state index in [1.54, 1.807) is 0 Å². The lowest BCUT2D eigenvalue weighted by molar-refractivity contribution is -0.146. The molecule has 0 atom stereocenters. The highest BCUT2D eigenvalue weighted by atomic mass is 19.4. The molecule has 0 aromatic carbocycles.